The number of hydrogen-bond donors (Lipinski definition) is 1. The molecule has 0 amide bonds. The van der Waals surface area contributed by atoms with Gasteiger partial charge in [-0.2, -0.15) is 0 Å². The van der Waals surface area contributed by atoms with Crippen LogP contribution in [0.5, 0.6) is 0 Å². The van der Waals surface area contributed by atoms with Crippen molar-refractivity contribution in [2.75, 3.05) is 6.61 Å². The van der Waals surface area contributed by atoms with E-state index in [1.165, 1.54) is 19.3 Å². The van der Waals surface area contributed by atoms with Gasteiger partial charge in [-0.25, -0.2) is 4.68 Å². The monoisotopic (exact) mass is 167 g/mol. The molecule has 1 aromatic heterocycles. The molecule has 0 bridgehead atoms. The van der Waals surface area contributed by atoms with Crippen LogP contribution in [0.2, 0.25) is 0 Å². The van der Waals surface area contributed by atoms with E-state index in [1.54, 1.807) is 4.68 Å². The molecule has 2 rings (SSSR count). The summed E-state index contributed by atoms with van der Waals surface area (Å²) in [4.78, 5) is 0. The van der Waals surface area contributed by atoms with Crippen LogP contribution in [0, 0.1) is 0 Å². The average Bonchev–Trinajstić information content (AvgIpc) is 2.34. The molecule has 0 saturated heterocycles. The molecule has 0 aromatic carbocycles. The summed E-state index contributed by atoms with van der Waals surface area (Å²) in [6.45, 7) is 0.688. The molecule has 1 saturated carbocycles. The summed E-state index contributed by atoms with van der Waals surface area (Å²) in [5.74, 6) is 0.637. The molecule has 1 aliphatic rings. The van der Waals surface area contributed by atoms with Gasteiger partial charge in [-0.05, 0) is 12.8 Å². The molecule has 1 N–H and O–H groups in total. The van der Waals surface area contributed by atoms with E-state index in [9.17, 15) is 0 Å². The minimum Gasteiger partial charge on any atom is -0.394 e. The Hall–Kier alpha value is -0.900. The Kier molecular flexibility index (Phi) is 2.08. The Balaban J connectivity index is 2.02. The van der Waals surface area contributed by atoms with Crippen molar-refractivity contribution in [3.8, 4) is 0 Å². The van der Waals surface area contributed by atoms with Crippen molar-refractivity contribution in [2.45, 2.75) is 31.7 Å². The Morgan fingerprint density at radius 3 is 3.00 bits per heavy atom. The van der Waals surface area contributed by atoms with Crippen LogP contribution in [-0.2, 0) is 6.54 Å². The van der Waals surface area contributed by atoms with Crippen LogP contribution >= 0.6 is 0 Å². The van der Waals surface area contributed by atoms with Crippen molar-refractivity contribution in [3.05, 3.63) is 11.9 Å². The molecule has 0 unspecified atom stereocenters. The maximum atomic E-state index is 8.65. The third kappa shape index (κ3) is 1.34. The molecular formula is C8H13N3O. The van der Waals surface area contributed by atoms with E-state index in [1.807, 2.05) is 6.20 Å². The first-order valence-corrected chi connectivity index (χ1v) is 4.41. The Morgan fingerprint density at radius 1 is 1.58 bits per heavy atom. The Morgan fingerprint density at radius 2 is 2.42 bits per heavy atom. The highest BCUT2D eigenvalue weighted by atomic mass is 16.3. The highest BCUT2D eigenvalue weighted by Crippen LogP contribution is 2.34. The van der Waals surface area contributed by atoms with Gasteiger partial charge in [0, 0.05) is 12.1 Å². The van der Waals surface area contributed by atoms with Gasteiger partial charge in [-0.1, -0.05) is 11.6 Å². The van der Waals surface area contributed by atoms with Gasteiger partial charge in [0.25, 0.3) is 0 Å². The van der Waals surface area contributed by atoms with E-state index >= 15 is 0 Å². The summed E-state index contributed by atoms with van der Waals surface area (Å²) >= 11 is 0. The zero-order valence-corrected chi connectivity index (χ0v) is 6.98. The second-order valence-corrected chi connectivity index (χ2v) is 3.26. The second-order valence-electron chi connectivity index (χ2n) is 3.26. The van der Waals surface area contributed by atoms with Crippen LogP contribution in [0.15, 0.2) is 6.20 Å². The first-order chi connectivity index (χ1) is 5.90. The fraction of sp³-hybridized carbons (Fsp3) is 0.750. The van der Waals surface area contributed by atoms with Gasteiger partial charge in [0.2, 0.25) is 0 Å². The van der Waals surface area contributed by atoms with Crippen LogP contribution < -0.4 is 0 Å². The molecule has 0 radical (unpaired) electrons. The molecular weight excluding hydrogens is 154 g/mol. The quantitative estimate of drug-likeness (QED) is 0.714. The predicted octanol–water partition coefficient (Wildman–Crippen LogP) is 0.538. The molecule has 0 aliphatic heterocycles. The van der Waals surface area contributed by atoms with Gasteiger partial charge in [0.15, 0.2) is 0 Å². The lowest BCUT2D eigenvalue weighted by molar-refractivity contribution is 0.268. The summed E-state index contributed by atoms with van der Waals surface area (Å²) < 4.78 is 1.70. The topological polar surface area (TPSA) is 50.9 Å². The van der Waals surface area contributed by atoms with Gasteiger partial charge < -0.3 is 5.11 Å². The van der Waals surface area contributed by atoms with Crippen LogP contribution in [0.4, 0.5) is 0 Å². The minimum absolute atomic E-state index is 0.132. The fourth-order valence-electron chi connectivity index (χ4n) is 1.42. The van der Waals surface area contributed by atoms with Gasteiger partial charge in [0.1, 0.15) is 0 Å². The molecule has 12 heavy (non-hydrogen) atoms. The second kappa shape index (κ2) is 3.23. The largest absolute Gasteiger partial charge is 0.394 e. The Labute approximate surface area is 71.2 Å². The maximum absolute atomic E-state index is 8.65. The van der Waals surface area contributed by atoms with Crippen molar-refractivity contribution in [3.63, 3.8) is 0 Å². The first kappa shape index (κ1) is 7.73. The normalized spacial score (nSPS) is 17.8. The lowest BCUT2D eigenvalue weighted by Gasteiger charge is -2.22. The molecule has 4 nitrogen and oxygen atoms in total. The number of rotatable bonds is 3. The smallest absolute Gasteiger partial charge is 0.0857 e. The summed E-state index contributed by atoms with van der Waals surface area (Å²) in [7, 11) is 0. The van der Waals surface area contributed by atoms with Crippen molar-refractivity contribution in [1.29, 1.82) is 0 Å². The van der Waals surface area contributed by atoms with E-state index in [-0.39, 0.29) is 6.61 Å². The van der Waals surface area contributed by atoms with Crippen LogP contribution in [-0.4, -0.2) is 26.7 Å². The lowest BCUT2D eigenvalue weighted by Crippen LogP contribution is -2.09. The van der Waals surface area contributed by atoms with Crippen LogP contribution in [0.3, 0.4) is 0 Å². The molecule has 0 spiro atoms. The van der Waals surface area contributed by atoms with E-state index in [0.29, 0.717) is 12.5 Å². The number of hydrogen-bond acceptors (Lipinski definition) is 3. The summed E-state index contributed by atoms with van der Waals surface area (Å²) in [5.41, 5.74) is 1.09. The average molecular weight is 167 g/mol. The van der Waals surface area contributed by atoms with Crippen molar-refractivity contribution < 1.29 is 5.11 Å². The number of aromatic nitrogens is 3. The summed E-state index contributed by atoms with van der Waals surface area (Å²) in [6, 6.07) is 0. The van der Waals surface area contributed by atoms with Gasteiger partial charge >= 0.3 is 0 Å². The lowest BCUT2D eigenvalue weighted by atomic mass is 9.83. The third-order valence-electron chi connectivity index (χ3n) is 2.41. The number of aliphatic hydroxyl groups excluding tert-OH is 1. The fourth-order valence-corrected chi connectivity index (χ4v) is 1.42. The molecule has 66 valence electrons. The zero-order chi connectivity index (χ0) is 8.39. The van der Waals surface area contributed by atoms with E-state index < -0.39 is 0 Å². The van der Waals surface area contributed by atoms with E-state index in [4.69, 9.17) is 5.11 Å². The van der Waals surface area contributed by atoms with E-state index in [0.717, 1.165) is 5.69 Å². The highest BCUT2D eigenvalue weighted by molar-refractivity contribution is 5.05. The zero-order valence-electron chi connectivity index (χ0n) is 6.98. The maximum Gasteiger partial charge on any atom is 0.0857 e. The molecule has 1 aliphatic carbocycles. The summed E-state index contributed by atoms with van der Waals surface area (Å²) in [6.07, 6.45) is 5.76. The van der Waals surface area contributed by atoms with Crippen LogP contribution in [0.1, 0.15) is 30.9 Å². The number of aliphatic hydroxyl groups is 1. The first-order valence-electron chi connectivity index (χ1n) is 4.41. The summed E-state index contributed by atoms with van der Waals surface area (Å²) in [5, 5.41) is 16.6. The van der Waals surface area contributed by atoms with Gasteiger partial charge in [-0.3, -0.25) is 0 Å². The molecule has 1 heterocycles. The molecule has 0 atom stereocenters. The molecule has 1 aromatic rings. The van der Waals surface area contributed by atoms with Crippen LogP contribution in [0.25, 0.3) is 0 Å². The SMILES string of the molecule is OCCn1cc(C2CCC2)nn1. The predicted molar refractivity (Wildman–Crippen MR) is 43.7 cm³/mol. The molecule has 4 heteroatoms. The Bertz CT molecular complexity index is 255. The molecule has 1 fully saturated rings. The standard InChI is InChI=1S/C8H13N3O/c12-5-4-11-6-8(9-10-11)7-2-1-3-7/h6-7,12H,1-5H2. The van der Waals surface area contributed by atoms with E-state index in [2.05, 4.69) is 10.3 Å². The highest BCUT2D eigenvalue weighted by Gasteiger charge is 2.22. The minimum atomic E-state index is 0.132. The van der Waals surface area contributed by atoms with Crippen molar-refractivity contribution in [2.24, 2.45) is 0 Å². The van der Waals surface area contributed by atoms with Gasteiger partial charge in [-0.15, -0.1) is 5.10 Å². The van der Waals surface area contributed by atoms with Gasteiger partial charge in [0.05, 0.1) is 18.8 Å². The van der Waals surface area contributed by atoms with Crippen molar-refractivity contribution >= 4 is 0 Å². The van der Waals surface area contributed by atoms with Crippen molar-refractivity contribution in [1.82, 2.24) is 15.0 Å². The number of nitrogens with zero attached hydrogens (tertiary/aromatic N) is 3. The third-order valence-corrected chi connectivity index (χ3v) is 2.41.